The van der Waals surface area contributed by atoms with E-state index in [4.69, 9.17) is 0 Å². The molecule has 17 heavy (non-hydrogen) atoms. The van der Waals surface area contributed by atoms with Gasteiger partial charge in [0.05, 0.1) is 11.0 Å². The molecule has 0 atom stereocenters. The molecule has 86 valence electrons. The van der Waals surface area contributed by atoms with Gasteiger partial charge in [-0.2, -0.15) is 0 Å². The van der Waals surface area contributed by atoms with Crippen molar-refractivity contribution < 1.29 is 0 Å². The van der Waals surface area contributed by atoms with Crippen LogP contribution in [0, 0.1) is 6.92 Å². The van der Waals surface area contributed by atoms with Crippen molar-refractivity contribution in [2.24, 2.45) is 0 Å². The lowest BCUT2D eigenvalue weighted by molar-refractivity contribution is 0.918. The summed E-state index contributed by atoms with van der Waals surface area (Å²) in [6.45, 7) is 4.32. The fraction of sp³-hybridized carbons (Fsp3) is 0.267. The summed E-state index contributed by atoms with van der Waals surface area (Å²) in [5, 5.41) is 0. The number of nitrogens with zero attached hydrogens (tertiary/aromatic N) is 2. The number of rotatable bonds is 2. The van der Waals surface area contributed by atoms with Crippen LogP contribution in [0.5, 0.6) is 0 Å². The number of aromatic nitrogens is 2. The lowest BCUT2D eigenvalue weighted by Gasteiger charge is -2.00. The van der Waals surface area contributed by atoms with Crippen molar-refractivity contribution in [2.75, 3.05) is 0 Å². The summed E-state index contributed by atoms with van der Waals surface area (Å²) in [7, 11) is 0. The van der Waals surface area contributed by atoms with Gasteiger partial charge in [-0.1, -0.05) is 19.4 Å². The summed E-state index contributed by atoms with van der Waals surface area (Å²) < 4.78 is 2.17. The molecule has 0 N–H and O–H groups in total. The normalized spacial score (nSPS) is 11.4. The molecule has 2 heterocycles. The van der Waals surface area contributed by atoms with Gasteiger partial charge in [0.1, 0.15) is 5.65 Å². The summed E-state index contributed by atoms with van der Waals surface area (Å²) in [5.41, 5.74) is 5.97. The molecule has 0 aliphatic rings. The first-order chi connectivity index (χ1) is 8.28. The number of pyridine rings is 1. The van der Waals surface area contributed by atoms with Gasteiger partial charge in [0.25, 0.3) is 0 Å². The SMILES string of the molecule is CCCc1ccn2c(c1)nc1ccc(C)cc12. The average Bonchev–Trinajstić information content (AvgIpc) is 2.66. The largest absolute Gasteiger partial charge is 0.300 e. The fourth-order valence-corrected chi connectivity index (χ4v) is 2.31. The highest BCUT2D eigenvalue weighted by Crippen LogP contribution is 2.19. The highest BCUT2D eigenvalue weighted by atomic mass is 15.0. The Morgan fingerprint density at radius 1 is 1.18 bits per heavy atom. The Bertz CT molecular complexity index is 680. The second-order valence-corrected chi connectivity index (χ2v) is 4.62. The van der Waals surface area contributed by atoms with Crippen molar-refractivity contribution in [3.05, 3.63) is 47.7 Å². The molecule has 3 aromatic rings. The van der Waals surface area contributed by atoms with E-state index in [0.717, 1.165) is 17.6 Å². The first-order valence-corrected chi connectivity index (χ1v) is 6.15. The predicted molar refractivity (Wildman–Crippen MR) is 71.4 cm³/mol. The zero-order valence-corrected chi connectivity index (χ0v) is 10.3. The zero-order valence-electron chi connectivity index (χ0n) is 10.3. The molecule has 0 fully saturated rings. The standard InChI is InChI=1S/C15H16N2/c1-3-4-12-7-8-17-14-9-11(2)5-6-13(14)16-15(17)10-12/h5-10H,3-4H2,1-2H3. The van der Waals surface area contributed by atoms with Gasteiger partial charge < -0.3 is 0 Å². The fourth-order valence-electron chi connectivity index (χ4n) is 2.31. The lowest BCUT2D eigenvalue weighted by Crippen LogP contribution is -1.88. The van der Waals surface area contributed by atoms with Crippen LogP contribution in [-0.4, -0.2) is 9.38 Å². The molecule has 0 amide bonds. The third-order valence-corrected chi connectivity index (χ3v) is 3.16. The van der Waals surface area contributed by atoms with Crippen LogP contribution in [-0.2, 0) is 6.42 Å². The summed E-state index contributed by atoms with van der Waals surface area (Å²) in [5.74, 6) is 0. The van der Waals surface area contributed by atoms with Gasteiger partial charge in [0.15, 0.2) is 0 Å². The van der Waals surface area contributed by atoms with Gasteiger partial charge in [-0.15, -0.1) is 0 Å². The minimum absolute atomic E-state index is 1.05. The Morgan fingerprint density at radius 3 is 2.88 bits per heavy atom. The van der Waals surface area contributed by atoms with Crippen LogP contribution < -0.4 is 0 Å². The van der Waals surface area contributed by atoms with Crippen LogP contribution in [0.1, 0.15) is 24.5 Å². The number of hydrogen-bond acceptors (Lipinski definition) is 1. The maximum absolute atomic E-state index is 4.66. The quantitative estimate of drug-likeness (QED) is 0.648. The molecule has 0 radical (unpaired) electrons. The Morgan fingerprint density at radius 2 is 2.06 bits per heavy atom. The third kappa shape index (κ3) is 1.70. The molecule has 0 bridgehead atoms. The van der Waals surface area contributed by atoms with Crippen LogP contribution >= 0.6 is 0 Å². The molecule has 1 aromatic carbocycles. The summed E-state index contributed by atoms with van der Waals surface area (Å²) in [6.07, 6.45) is 4.43. The molecule has 0 aliphatic heterocycles. The van der Waals surface area contributed by atoms with E-state index in [1.165, 1.54) is 23.1 Å². The van der Waals surface area contributed by atoms with E-state index in [9.17, 15) is 0 Å². The molecule has 0 saturated carbocycles. The van der Waals surface area contributed by atoms with Crippen molar-refractivity contribution in [1.29, 1.82) is 0 Å². The average molecular weight is 224 g/mol. The lowest BCUT2D eigenvalue weighted by atomic mass is 10.1. The zero-order chi connectivity index (χ0) is 11.8. The van der Waals surface area contributed by atoms with E-state index in [2.05, 4.69) is 59.8 Å². The molecule has 2 aromatic heterocycles. The third-order valence-electron chi connectivity index (χ3n) is 3.16. The first kappa shape index (κ1) is 10.3. The Labute approximate surface area is 101 Å². The predicted octanol–water partition coefficient (Wildman–Crippen LogP) is 3.75. The minimum atomic E-state index is 1.05. The molecule has 2 nitrogen and oxygen atoms in total. The Balaban J connectivity index is 2.28. The number of benzene rings is 1. The molecular formula is C15H16N2. The number of hydrogen-bond donors (Lipinski definition) is 0. The highest BCUT2D eigenvalue weighted by molar-refractivity contribution is 5.81. The van der Waals surface area contributed by atoms with Gasteiger partial charge >= 0.3 is 0 Å². The van der Waals surface area contributed by atoms with Crippen LogP contribution in [0.3, 0.4) is 0 Å². The Hall–Kier alpha value is -1.83. The van der Waals surface area contributed by atoms with Gasteiger partial charge in [0.2, 0.25) is 0 Å². The van der Waals surface area contributed by atoms with Crippen molar-refractivity contribution in [3.8, 4) is 0 Å². The molecule has 0 unspecified atom stereocenters. The molecule has 0 aliphatic carbocycles. The highest BCUT2D eigenvalue weighted by Gasteiger charge is 2.04. The number of imidazole rings is 1. The van der Waals surface area contributed by atoms with E-state index in [1.807, 2.05) is 0 Å². The van der Waals surface area contributed by atoms with E-state index < -0.39 is 0 Å². The van der Waals surface area contributed by atoms with Gasteiger partial charge in [-0.05, 0) is 48.7 Å². The molecule has 0 spiro atoms. The van der Waals surface area contributed by atoms with Crippen LogP contribution in [0.25, 0.3) is 16.7 Å². The molecule has 2 heteroatoms. The second kappa shape index (κ2) is 3.88. The summed E-state index contributed by atoms with van der Waals surface area (Å²) in [6, 6.07) is 10.8. The van der Waals surface area contributed by atoms with Gasteiger partial charge in [-0.3, -0.25) is 4.40 Å². The van der Waals surface area contributed by atoms with Crippen molar-refractivity contribution in [2.45, 2.75) is 26.7 Å². The molecule has 3 rings (SSSR count). The van der Waals surface area contributed by atoms with E-state index in [1.54, 1.807) is 0 Å². The van der Waals surface area contributed by atoms with E-state index in [-0.39, 0.29) is 0 Å². The van der Waals surface area contributed by atoms with Crippen molar-refractivity contribution in [3.63, 3.8) is 0 Å². The first-order valence-electron chi connectivity index (χ1n) is 6.15. The molecule has 0 saturated heterocycles. The van der Waals surface area contributed by atoms with Crippen LogP contribution in [0.15, 0.2) is 36.5 Å². The van der Waals surface area contributed by atoms with Crippen LogP contribution in [0.4, 0.5) is 0 Å². The second-order valence-electron chi connectivity index (χ2n) is 4.62. The number of fused-ring (bicyclic) bond motifs is 3. The van der Waals surface area contributed by atoms with Crippen molar-refractivity contribution >= 4 is 16.7 Å². The summed E-state index contributed by atoms with van der Waals surface area (Å²) in [4.78, 5) is 4.66. The van der Waals surface area contributed by atoms with E-state index in [0.29, 0.717) is 0 Å². The van der Waals surface area contributed by atoms with Crippen molar-refractivity contribution in [1.82, 2.24) is 9.38 Å². The topological polar surface area (TPSA) is 17.3 Å². The van der Waals surface area contributed by atoms with Crippen LogP contribution in [0.2, 0.25) is 0 Å². The van der Waals surface area contributed by atoms with Gasteiger partial charge in [-0.25, -0.2) is 4.98 Å². The van der Waals surface area contributed by atoms with E-state index >= 15 is 0 Å². The summed E-state index contributed by atoms with van der Waals surface area (Å²) >= 11 is 0. The van der Waals surface area contributed by atoms with Gasteiger partial charge in [0, 0.05) is 6.20 Å². The Kier molecular flexibility index (Phi) is 2.36. The maximum Gasteiger partial charge on any atom is 0.138 e. The number of aryl methyl sites for hydroxylation is 2. The monoisotopic (exact) mass is 224 g/mol. The molecular weight excluding hydrogens is 208 g/mol. The smallest absolute Gasteiger partial charge is 0.138 e. The maximum atomic E-state index is 4.66. The minimum Gasteiger partial charge on any atom is -0.300 e.